The lowest BCUT2D eigenvalue weighted by atomic mass is 10.1. The minimum Gasteiger partial charge on any atom is -0.496 e. The normalized spacial score (nSPS) is 13.0. The number of rotatable bonds is 4. The van der Waals surface area contributed by atoms with Crippen LogP contribution in [0.2, 0.25) is 0 Å². The van der Waals surface area contributed by atoms with Crippen molar-refractivity contribution in [2.24, 2.45) is 0 Å². The van der Waals surface area contributed by atoms with Crippen LogP contribution in [-0.4, -0.2) is 29.4 Å². The second kappa shape index (κ2) is 5.90. The van der Waals surface area contributed by atoms with Crippen LogP contribution < -0.4 is 18.5 Å². The molecular weight excluding hydrogens is 330 g/mol. The Morgan fingerprint density at radius 1 is 1.04 bits per heavy atom. The molecule has 0 fully saturated rings. The van der Waals surface area contributed by atoms with Gasteiger partial charge in [0.1, 0.15) is 5.75 Å². The van der Waals surface area contributed by atoms with Crippen molar-refractivity contribution in [1.29, 1.82) is 0 Å². The van der Waals surface area contributed by atoms with E-state index in [9.17, 15) is 8.42 Å². The van der Waals surface area contributed by atoms with Crippen LogP contribution in [0.15, 0.2) is 35.2 Å². The maximum Gasteiger partial charge on any atom is 0.264 e. The minimum atomic E-state index is -3.71. The summed E-state index contributed by atoms with van der Waals surface area (Å²) >= 11 is 0. The molecular formula is C17H19NO5S. The SMILES string of the molecule is COc1cc(C)c(S(=O)(=O)N(C)c2ccc3c(c2)OCO3)cc1C. The first-order chi connectivity index (χ1) is 11.3. The Bertz CT molecular complexity index is 892. The van der Waals surface area contributed by atoms with E-state index in [0.717, 1.165) is 5.56 Å². The third kappa shape index (κ3) is 2.65. The maximum absolute atomic E-state index is 13.0. The Balaban J connectivity index is 2.03. The number of hydrogen-bond donors (Lipinski definition) is 0. The van der Waals surface area contributed by atoms with Gasteiger partial charge in [0.25, 0.3) is 10.0 Å². The molecule has 1 heterocycles. The van der Waals surface area contributed by atoms with Gasteiger partial charge in [-0.05, 0) is 49.2 Å². The summed E-state index contributed by atoms with van der Waals surface area (Å²) in [5.41, 5.74) is 1.90. The summed E-state index contributed by atoms with van der Waals surface area (Å²) in [6, 6.07) is 8.42. The van der Waals surface area contributed by atoms with Crippen molar-refractivity contribution in [1.82, 2.24) is 0 Å². The lowest BCUT2D eigenvalue weighted by Gasteiger charge is -2.21. The highest BCUT2D eigenvalue weighted by atomic mass is 32.2. The fourth-order valence-electron chi connectivity index (χ4n) is 2.63. The van der Waals surface area contributed by atoms with Gasteiger partial charge in [0.2, 0.25) is 6.79 Å². The Labute approximate surface area is 141 Å². The van der Waals surface area contributed by atoms with Gasteiger partial charge in [-0.1, -0.05) is 0 Å². The molecule has 2 aromatic rings. The van der Waals surface area contributed by atoms with Crippen LogP contribution >= 0.6 is 0 Å². The summed E-state index contributed by atoms with van der Waals surface area (Å²) in [5.74, 6) is 1.82. The largest absolute Gasteiger partial charge is 0.496 e. The lowest BCUT2D eigenvalue weighted by Crippen LogP contribution is -2.27. The van der Waals surface area contributed by atoms with Crippen LogP contribution in [0.4, 0.5) is 5.69 Å². The monoisotopic (exact) mass is 349 g/mol. The predicted octanol–water partition coefficient (Wildman–Crippen LogP) is 2.87. The summed E-state index contributed by atoms with van der Waals surface area (Å²) < 4.78 is 43.1. The van der Waals surface area contributed by atoms with E-state index in [0.29, 0.717) is 28.5 Å². The summed E-state index contributed by atoms with van der Waals surface area (Å²) in [4.78, 5) is 0.251. The van der Waals surface area contributed by atoms with Crippen molar-refractivity contribution >= 4 is 15.7 Å². The molecule has 6 nitrogen and oxygen atoms in total. The minimum absolute atomic E-state index is 0.145. The average molecular weight is 349 g/mol. The van der Waals surface area contributed by atoms with Crippen molar-refractivity contribution < 1.29 is 22.6 Å². The zero-order valence-electron chi connectivity index (χ0n) is 14.0. The smallest absolute Gasteiger partial charge is 0.264 e. The van der Waals surface area contributed by atoms with Gasteiger partial charge in [0.15, 0.2) is 11.5 Å². The number of fused-ring (bicyclic) bond motifs is 1. The topological polar surface area (TPSA) is 65.1 Å². The fourth-order valence-corrected chi connectivity index (χ4v) is 4.11. The van der Waals surface area contributed by atoms with E-state index in [2.05, 4.69) is 0 Å². The molecule has 7 heteroatoms. The summed E-state index contributed by atoms with van der Waals surface area (Å²) in [6.45, 7) is 3.71. The first kappa shape index (κ1) is 16.4. The number of anilines is 1. The molecule has 24 heavy (non-hydrogen) atoms. The van der Waals surface area contributed by atoms with Crippen molar-refractivity contribution in [2.75, 3.05) is 25.3 Å². The first-order valence-corrected chi connectivity index (χ1v) is 8.82. The molecule has 0 amide bonds. The highest BCUT2D eigenvalue weighted by Crippen LogP contribution is 2.37. The molecule has 0 N–H and O–H groups in total. The molecule has 0 saturated heterocycles. The number of benzene rings is 2. The zero-order chi connectivity index (χ0) is 17.5. The van der Waals surface area contributed by atoms with E-state index < -0.39 is 10.0 Å². The highest BCUT2D eigenvalue weighted by Gasteiger charge is 2.26. The number of methoxy groups -OCH3 is 1. The van der Waals surface area contributed by atoms with Gasteiger partial charge in [0.05, 0.1) is 17.7 Å². The zero-order valence-corrected chi connectivity index (χ0v) is 14.8. The molecule has 0 unspecified atom stereocenters. The number of sulfonamides is 1. The van der Waals surface area contributed by atoms with Crippen molar-refractivity contribution in [3.05, 3.63) is 41.5 Å². The fraction of sp³-hybridized carbons (Fsp3) is 0.294. The average Bonchev–Trinajstić information content (AvgIpc) is 3.03. The van der Waals surface area contributed by atoms with Gasteiger partial charge in [-0.2, -0.15) is 0 Å². The molecule has 0 aromatic heterocycles. The van der Waals surface area contributed by atoms with Crippen LogP contribution in [0.1, 0.15) is 11.1 Å². The van der Waals surface area contributed by atoms with Gasteiger partial charge in [0, 0.05) is 13.1 Å². The third-order valence-corrected chi connectivity index (χ3v) is 5.98. The molecule has 128 valence electrons. The second-order valence-electron chi connectivity index (χ2n) is 5.60. The second-order valence-corrected chi connectivity index (χ2v) is 7.54. The summed E-state index contributed by atoms with van der Waals surface area (Å²) in [7, 11) is -0.622. The number of nitrogens with zero attached hydrogens (tertiary/aromatic N) is 1. The van der Waals surface area contributed by atoms with Crippen LogP contribution in [0.3, 0.4) is 0 Å². The van der Waals surface area contributed by atoms with E-state index in [-0.39, 0.29) is 11.7 Å². The number of hydrogen-bond acceptors (Lipinski definition) is 5. The van der Waals surface area contributed by atoms with Gasteiger partial charge in [-0.3, -0.25) is 4.31 Å². The van der Waals surface area contributed by atoms with Gasteiger partial charge in [-0.25, -0.2) is 8.42 Å². The van der Waals surface area contributed by atoms with Crippen molar-refractivity contribution in [3.8, 4) is 17.2 Å². The summed E-state index contributed by atoms with van der Waals surface area (Å²) in [5, 5.41) is 0. The number of aryl methyl sites for hydroxylation is 2. The van der Waals surface area contributed by atoms with E-state index in [4.69, 9.17) is 14.2 Å². The molecule has 0 radical (unpaired) electrons. The van der Waals surface area contributed by atoms with Crippen LogP contribution in [0.5, 0.6) is 17.2 Å². The van der Waals surface area contributed by atoms with E-state index >= 15 is 0 Å². The highest BCUT2D eigenvalue weighted by molar-refractivity contribution is 7.92. The molecule has 1 aliphatic rings. The van der Waals surface area contributed by atoms with Crippen LogP contribution in [0, 0.1) is 13.8 Å². The molecule has 2 aromatic carbocycles. The molecule has 0 bridgehead atoms. The predicted molar refractivity (Wildman–Crippen MR) is 90.6 cm³/mol. The van der Waals surface area contributed by atoms with Crippen LogP contribution in [0.25, 0.3) is 0 Å². The van der Waals surface area contributed by atoms with Gasteiger partial charge >= 0.3 is 0 Å². The van der Waals surface area contributed by atoms with E-state index in [1.807, 2.05) is 6.92 Å². The summed E-state index contributed by atoms with van der Waals surface area (Å²) in [6.07, 6.45) is 0. The number of ether oxygens (including phenoxy) is 3. The quantitative estimate of drug-likeness (QED) is 0.849. The third-order valence-electron chi connectivity index (χ3n) is 4.05. The lowest BCUT2D eigenvalue weighted by molar-refractivity contribution is 0.174. The van der Waals surface area contributed by atoms with Crippen molar-refractivity contribution in [2.45, 2.75) is 18.7 Å². The standard InChI is InChI=1S/C17H19NO5S/c1-11-8-17(12(2)7-15(11)21-4)24(19,20)18(3)13-5-6-14-16(9-13)23-10-22-14/h5-9H,10H2,1-4H3. The molecule has 1 aliphatic heterocycles. The van der Waals surface area contributed by atoms with Gasteiger partial charge < -0.3 is 14.2 Å². The molecule has 0 spiro atoms. The Hall–Kier alpha value is -2.41. The van der Waals surface area contributed by atoms with Crippen LogP contribution in [-0.2, 0) is 10.0 Å². The van der Waals surface area contributed by atoms with Crippen molar-refractivity contribution in [3.63, 3.8) is 0 Å². The molecule has 0 aliphatic carbocycles. The molecule has 0 saturated carbocycles. The molecule has 3 rings (SSSR count). The Morgan fingerprint density at radius 3 is 2.46 bits per heavy atom. The first-order valence-electron chi connectivity index (χ1n) is 7.38. The van der Waals surface area contributed by atoms with Gasteiger partial charge in [-0.15, -0.1) is 0 Å². The van der Waals surface area contributed by atoms with E-state index in [1.54, 1.807) is 44.4 Å². The molecule has 0 atom stereocenters. The Kier molecular flexibility index (Phi) is 4.04. The van der Waals surface area contributed by atoms with E-state index in [1.165, 1.54) is 11.4 Å². The Morgan fingerprint density at radius 2 is 1.75 bits per heavy atom. The maximum atomic E-state index is 13.0.